The quantitative estimate of drug-likeness (QED) is 0.737. The second-order valence-corrected chi connectivity index (χ2v) is 7.06. The molecule has 2 aromatic rings. The van der Waals surface area contributed by atoms with Crippen LogP contribution in [0.5, 0.6) is 34.5 Å². The standard InChI is InChI=1S/C21H21NO8/c1-10-12-6-14(25-3)18-20(30-9-28-18)16(12)15-11(7-22(10)21(23)26-4)5-13(24-2)17-19(15)29-8-27-17/h5-6,10H,7-9H2,1-4H3. The molecule has 0 saturated carbocycles. The van der Waals surface area contributed by atoms with Crippen LogP contribution in [0.2, 0.25) is 0 Å². The predicted octanol–water partition coefficient (Wildman–Crippen LogP) is 3.47. The first-order valence-corrected chi connectivity index (χ1v) is 9.43. The van der Waals surface area contributed by atoms with E-state index in [2.05, 4.69) is 0 Å². The van der Waals surface area contributed by atoms with Crippen LogP contribution in [0.1, 0.15) is 24.1 Å². The minimum Gasteiger partial charge on any atom is -0.493 e. The highest BCUT2D eigenvalue weighted by Gasteiger charge is 2.39. The molecule has 5 rings (SSSR count). The van der Waals surface area contributed by atoms with Crippen LogP contribution >= 0.6 is 0 Å². The summed E-state index contributed by atoms with van der Waals surface area (Å²) >= 11 is 0. The summed E-state index contributed by atoms with van der Waals surface area (Å²) in [6.07, 6.45) is -0.449. The molecule has 3 heterocycles. The normalized spacial score (nSPS) is 17.7. The summed E-state index contributed by atoms with van der Waals surface area (Å²) in [6.45, 7) is 2.35. The topological polar surface area (TPSA) is 84.9 Å². The van der Waals surface area contributed by atoms with Crippen molar-refractivity contribution in [2.75, 3.05) is 34.9 Å². The highest BCUT2D eigenvalue weighted by molar-refractivity contribution is 5.90. The lowest BCUT2D eigenvalue weighted by Crippen LogP contribution is -2.32. The molecule has 0 fully saturated rings. The van der Waals surface area contributed by atoms with Gasteiger partial charge in [0.1, 0.15) is 0 Å². The number of amides is 1. The molecule has 2 aromatic carbocycles. The molecule has 158 valence electrons. The average Bonchev–Trinajstić information content (AvgIpc) is 3.43. The number of nitrogens with zero attached hydrogens (tertiary/aromatic N) is 1. The number of ether oxygens (including phenoxy) is 7. The van der Waals surface area contributed by atoms with E-state index in [9.17, 15) is 4.79 Å². The van der Waals surface area contributed by atoms with E-state index >= 15 is 0 Å². The fraction of sp³-hybridized carbons (Fsp3) is 0.381. The van der Waals surface area contributed by atoms with Crippen molar-refractivity contribution in [3.8, 4) is 45.6 Å². The summed E-state index contributed by atoms with van der Waals surface area (Å²) < 4.78 is 39.2. The Morgan fingerprint density at radius 3 is 2.07 bits per heavy atom. The summed E-state index contributed by atoms with van der Waals surface area (Å²) in [5.41, 5.74) is 3.20. The first-order chi connectivity index (χ1) is 14.6. The third-order valence-electron chi connectivity index (χ3n) is 5.69. The monoisotopic (exact) mass is 415 g/mol. The van der Waals surface area contributed by atoms with Crippen LogP contribution in [-0.2, 0) is 11.3 Å². The van der Waals surface area contributed by atoms with E-state index in [4.69, 9.17) is 33.2 Å². The van der Waals surface area contributed by atoms with Crippen LogP contribution in [-0.4, -0.2) is 45.9 Å². The van der Waals surface area contributed by atoms with Crippen molar-refractivity contribution in [1.82, 2.24) is 4.90 Å². The Bertz CT molecular complexity index is 1050. The maximum Gasteiger partial charge on any atom is 0.410 e. The van der Waals surface area contributed by atoms with Gasteiger partial charge in [0.05, 0.1) is 33.9 Å². The van der Waals surface area contributed by atoms with Crippen molar-refractivity contribution < 1.29 is 38.0 Å². The minimum atomic E-state index is -0.449. The number of carbonyl (C=O) groups is 1. The summed E-state index contributed by atoms with van der Waals surface area (Å²) in [7, 11) is 4.49. The number of rotatable bonds is 2. The maximum absolute atomic E-state index is 12.7. The van der Waals surface area contributed by atoms with Gasteiger partial charge in [0.25, 0.3) is 0 Å². The largest absolute Gasteiger partial charge is 0.493 e. The molecule has 1 atom stereocenters. The van der Waals surface area contributed by atoms with Gasteiger partial charge in [0.2, 0.25) is 25.1 Å². The van der Waals surface area contributed by atoms with Gasteiger partial charge in [-0.2, -0.15) is 0 Å². The number of hydrogen-bond acceptors (Lipinski definition) is 8. The van der Waals surface area contributed by atoms with Crippen LogP contribution < -0.4 is 28.4 Å². The van der Waals surface area contributed by atoms with E-state index in [0.717, 1.165) is 22.3 Å². The molecule has 9 heteroatoms. The summed E-state index contributed by atoms with van der Waals surface area (Å²) in [4.78, 5) is 14.3. The van der Waals surface area contributed by atoms with Crippen LogP contribution in [0.15, 0.2) is 12.1 Å². The van der Waals surface area contributed by atoms with Crippen molar-refractivity contribution in [1.29, 1.82) is 0 Å². The number of benzene rings is 2. The Morgan fingerprint density at radius 1 is 0.900 bits per heavy atom. The van der Waals surface area contributed by atoms with Gasteiger partial charge in [-0.05, 0) is 30.2 Å². The number of fused-ring (bicyclic) bond motifs is 7. The highest BCUT2D eigenvalue weighted by Crippen LogP contribution is 2.59. The van der Waals surface area contributed by atoms with Gasteiger partial charge in [-0.1, -0.05) is 0 Å². The van der Waals surface area contributed by atoms with E-state index < -0.39 is 6.09 Å². The lowest BCUT2D eigenvalue weighted by Gasteiger charge is -2.27. The molecule has 0 saturated heterocycles. The SMILES string of the molecule is COC(=O)N1Cc2cc(OC)c3c(c2-c2c(cc(OC)c4c2OCO4)C1C)OCO3. The van der Waals surface area contributed by atoms with Crippen molar-refractivity contribution >= 4 is 6.09 Å². The molecule has 1 unspecified atom stereocenters. The Hall–Kier alpha value is -3.49. The number of carbonyl (C=O) groups excluding carboxylic acids is 1. The number of methoxy groups -OCH3 is 3. The van der Waals surface area contributed by atoms with Gasteiger partial charge >= 0.3 is 6.09 Å². The van der Waals surface area contributed by atoms with Gasteiger partial charge in [0.15, 0.2) is 23.0 Å². The molecular weight excluding hydrogens is 394 g/mol. The molecule has 0 aromatic heterocycles. The van der Waals surface area contributed by atoms with Gasteiger partial charge in [0, 0.05) is 11.1 Å². The third-order valence-corrected chi connectivity index (χ3v) is 5.69. The van der Waals surface area contributed by atoms with Crippen molar-refractivity contribution in [2.24, 2.45) is 0 Å². The van der Waals surface area contributed by atoms with Crippen molar-refractivity contribution in [3.63, 3.8) is 0 Å². The molecule has 1 amide bonds. The lowest BCUT2D eigenvalue weighted by atomic mass is 9.91. The van der Waals surface area contributed by atoms with E-state index in [1.807, 2.05) is 19.1 Å². The third kappa shape index (κ3) is 2.44. The molecular formula is C21H21NO8. The zero-order chi connectivity index (χ0) is 21.0. The van der Waals surface area contributed by atoms with Crippen LogP contribution in [0.4, 0.5) is 4.79 Å². The minimum absolute atomic E-state index is 0.0717. The lowest BCUT2D eigenvalue weighted by molar-refractivity contribution is 0.105. The Labute approximate surface area is 172 Å². The van der Waals surface area contributed by atoms with E-state index in [1.54, 1.807) is 19.1 Å². The molecule has 0 aliphatic carbocycles. The van der Waals surface area contributed by atoms with E-state index in [0.29, 0.717) is 34.5 Å². The first-order valence-electron chi connectivity index (χ1n) is 9.43. The zero-order valence-electron chi connectivity index (χ0n) is 17.1. The zero-order valence-corrected chi connectivity index (χ0v) is 17.1. The van der Waals surface area contributed by atoms with Gasteiger partial charge < -0.3 is 33.2 Å². The fourth-order valence-electron chi connectivity index (χ4n) is 4.26. The molecule has 9 nitrogen and oxygen atoms in total. The number of hydrogen-bond donors (Lipinski definition) is 0. The summed E-state index contributed by atoms with van der Waals surface area (Å²) in [5, 5.41) is 0. The van der Waals surface area contributed by atoms with Crippen LogP contribution in [0.3, 0.4) is 0 Å². The molecule has 0 radical (unpaired) electrons. The van der Waals surface area contributed by atoms with E-state index in [1.165, 1.54) is 7.11 Å². The summed E-state index contributed by atoms with van der Waals surface area (Å²) in [5.74, 6) is 3.20. The molecule has 3 aliphatic rings. The predicted molar refractivity (Wildman–Crippen MR) is 104 cm³/mol. The molecule has 0 N–H and O–H groups in total. The van der Waals surface area contributed by atoms with Crippen LogP contribution in [0.25, 0.3) is 11.1 Å². The second-order valence-electron chi connectivity index (χ2n) is 7.06. The smallest absolute Gasteiger partial charge is 0.410 e. The van der Waals surface area contributed by atoms with Crippen molar-refractivity contribution in [3.05, 3.63) is 23.3 Å². The molecule has 30 heavy (non-hydrogen) atoms. The Kier molecular flexibility index (Phi) is 4.19. The maximum atomic E-state index is 12.7. The van der Waals surface area contributed by atoms with Gasteiger partial charge in [-0.15, -0.1) is 0 Å². The molecule has 0 spiro atoms. The van der Waals surface area contributed by atoms with Crippen LogP contribution in [0, 0.1) is 0 Å². The summed E-state index contributed by atoms with van der Waals surface area (Å²) in [6, 6.07) is 3.38. The fourth-order valence-corrected chi connectivity index (χ4v) is 4.26. The van der Waals surface area contributed by atoms with Crippen molar-refractivity contribution in [2.45, 2.75) is 19.5 Å². The van der Waals surface area contributed by atoms with Gasteiger partial charge in [-0.3, -0.25) is 4.90 Å². The molecule has 3 aliphatic heterocycles. The first kappa shape index (κ1) is 18.5. The second kappa shape index (κ2) is 6.79. The highest BCUT2D eigenvalue weighted by atomic mass is 16.7. The Balaban J connectivity index is 1.87. The average molecular weight is 415 g/mol. The van der Waals surface area contributed by atoms with E-state index in [-0.39, 0.29) is 26.2 Å². The van der Waals surface area contributed by atoms with Gasteiger partial charge in [-0.25, -0.2) is 4.79 Å². The Morgan fingerprint density at radius 2 is 1.47 bits per heavy atom. The molecule has 0 bridgehead atoms.